The molecule has 0 radical (unpaired) electrons. The molecule has 1 unspecified atom stereocenters. The molecule has 0 aromatic carbocycles. The molecule has 0 spiro atoms. The molecule has 1 rings (SSSR count). The number of esters is 1. The van der Waals surface area contributed by atoms with Gasteiger partial charge in [0, 0.05) is 0 Å². The molecular weight excluding hydrogens is 380 g/mol. The van der Waals surface area contributed by atoms with Crippen LogP contribution in [0.1, 0.15) is 19.8 Å². The zero-order valence-electron chi connectivity index (χ0n) is 7.52. The van der Waals surface area contributed by atoms with Crippen LogP contribution < -0.4 is 0 Å². The minimum atomic E-state index is -0.301. The van der Waals surface area contributed by atoms with Gasteiger partial charge in [-0.3, -0.25) is 0 Å². The molecule has 1 atom stereocenters. The smallest absolute Gasteiger partial charge is 0.345 e. The Bertz CT molecular complexity index is 303. The number of halogens is 3. The van der Waals surface area contributed by atoms with E-state index in [2.05, 4.69) is 54.7 Å². The number of hydrogen-bond acceptors (Lipinski definition) is 2. The molecule has 0 bridgehead atoms. The highest BCUT2D eigenvalue weighted by Gasteiger charge is 2.27. The molecule has 0 amide bonds. The Kier molecular flexibility index (Phi) is 4.87. The predicted molar refractivity (Wildman–Crippen MR) is 66.7 cm³/mol. The van der Waals surface area contributed by atoms with Gasteiger partial charge in [-0.2, -0.15) is 0 Å². The molecule has 0 fully saturated rings. The number of rotatable bonds is 3. The van der Waals surface area contributed by atoms with E-state index < -0.39 is 0 Å². The lowest BCUT2D eigenvalue weighted by atomic mass is 10.1. The van der Waals surface area contributed by atoms with E-state index in [1.807, 2.05) is 0 Å². The van der Waals surface area contributed by atoms with Gasteiger partial charge in [0.15, 0.2) is 0 Å². The van der Waals surface area contributed by atoms with Crippen LogP contribution in [0.5, 0.6) is 0 Å². The summed E-state index contributed by atoms with van der Waals surface area (Å²) in [5, 5.41) is 0. The predicted octanol–water partition coefficient (Wildman–Crippen LogP) is 3.99. The maximum atomic E-state index is 11.1. The molecule has 2 nitrogen and oxygen atoms in total. The van der Waals surface area contributed by atoms with Crippen molar-refractivity contribution in [3.8, 4) is 0 Å². The molecule has 1 aliphatic rings. The van der Waals surface area contributed by atoms with Crippen LogP contribution in [-0.2, 0) is 9.53 Å². The summed E-state index contributed by atoms with van der Waals surface area (Å²) in [6.45, 7) is 2.08. The molecule has 1 heterocycles. The zero-order valence-corrected chi connectivity index (χ0v) is 12.3. The minimum absolute atomic E-state index is 0.245. The topological polar surface area (TPSA) is 26.3 Å². The molecule has 0 saturated carbocycles. The van der Waals surface area contributed by atoms with Gasteiger partial charge in [0.25, 0.3) is 0 Å². The number of carbonyl (C=O) groups excluding carboxylic acids is 1. The van der Waals surface area contributed by atoms with Gasteiger partial charge in [0.2, 0.25) is 0 Å². The van der Waals surface area contributed by atoms with E-state index >= 15 is 0 Å². The SMILES string of the molecule is CCCC(=C(Br)Br)C1C=C(Br)C(=O)O1. The highest BCUT2D eigenvalue weighted by Crippen LogP contribution is 2.32. The fourth-order valence-corrected chi connectivity index (χ4v) is 2.37. The summed E-state index contributed by atoms with van der Waals surface area (Å²) in [6.07, 6.45) is 3.43. The molecule has 78 valence electrons. The summed E-state index contributed by atoms with van der Waals surface area (Å²) in [5.41, 5.74) is 1.05. The van der Waals surface area contributed by atoms with Crippen molar-refractivity contribution in [2.45, 2.75) is 25.9 Å². The third kappa shape index (κ3) is 2.94. The summed E-state index contributed by atoms with van der Waals surface area (Å²) in [6, 6.07) is 0. The lowest BCUT2D eigenvalue weighted by Crippen LogP contribution is -2.11. The van der Waals surface area contributed by atoms with Gasteiger partial charge in [0.1, 0.15) is 10.6 Å². The van der Waals surface area contributed by atoms with Gasteiger partial charge in [-0.15, -0.1) is 0 Å². The summed E-state index contributed by atoms with van der Waals surface area (Å²) in [5.74, 6) is -0.301. The maximum absolute atomic E-state index is 11.1. The molecule has 0 aromatic rings. The van der Waals surface area contributed by atoms with E-state index in [0.717, 1.165) is 21.8 Å². The van der Waals surface area contributed by atoms with Crippen LogP contribution in [0.3, 0.4) is 0 Å². The Morgan fingerprint density at radius 1 is 1.57 bits per heavy atom. The Labute approximate surface area is 108 Å². The molecule has 5 heteroatoms. The van der Waals surface area contributed by atoms with Crippen LogP contribution in [0.25, 0.3) is 0 Å². The first-order chi connectivity index (χ1) is 6.56. The highest BCUT2D eigenvalue weighted by atomic mass is 79.9. The number of hydrogen-bond donors (Lipinski definition) is 0. The van der Waals surface area contributed by atoms with Crippen molar-refractivity contribution in [3.63, 3.8) is 0 Å². The van der Waals surface area contributed by atoms with Gasteiger partial charge in [0.05, 0.1) is 3.39 Å². The Morgan fingerprint density at radius 3 is 2.57 bits per heavy atom. The Morgan fingerprint density at radius 2 is 2.21 bits per heavy atom. The van der Waals surface area contributed by atoms with E-state index in [0.29, 0.717) is 4.48 Å². The molecule has 14 heavy (non-hydrogen) atoms. The van der Waals surface area contributed by atoms with Crippen LogP contribution in [0.4, 0.5) is 0 Å². The van der Waals surface area contributed by atoms with Crippen molar-refractivity contribution in [2.75, 3.05) is 0 Å². The van der Waals surface area contributed by atoms with E-state index in [4.69, 9.17) is 4.74 Å². The molecular formula is C9H9Br3O2. The van der Waals surface area contributed by atoms with Crippen molar-refractivity contribution < 1.29 is 9.53 Å². The number of ether oxygens (including phenoxy) is 1. The first-order valence-electron chi connectivity index (χ1n) is 4.18. The molecule has 0 aliphatic carbocycles. The van der Waals surface area contributed by atoms with Crippen molar-refractivity contribution in [3.05, 3.63) is 19.5 Å². The average Bonchev–Trinajstić information content (AvgIpc) is 2.42. The normalized spacial score (nSPS) is 20.4. The summed E-state index contributed by atoms with van der Waals surface area (Å²) in [7, 11) is 0. The number of carbonyl (C=O) groups is 1. The summed E-state index contributed by atoms with van der Waals surface area (Å²) >= 11 is 9.85. The van der Waals surface area contributed by atoms with Crippen LogP contribution in [0.2, 0.25) is 0 Å². The third-order valence-corrected chi connectivity index (χ3v) is 3.44. The summed E-state index contributed by atoms with van der Waals surface area (Å²) in [4.78, 5) is 11.1. The molecule has 0 aromatic heterocycles. The van der Waals surface area contributed by atoms with Gasteiger partial charge in [-0.25, -0.2) is 4.79 Å². The van der Waals surface area contributed by atoms with Crippen LogP contribution in [0.15, 0.2) is 19.5 Å². The van der Waals surface area contributed by atoms with Crippen molar-refractivity contribution >= 4 is 53.8 Å². The Balaban J connectivity index is 2.84. The van der Waals surface area contributed by atoms with E-state index in [9.17, 15) is 4.79 Å². The van der Waals surface area contributed by atoms with Gasteiger partial charge in [-0.05, 0) is 65.9 Å². The van der Waals surface area contributed by atoms with Crippen LogP contribution >= 0.6 is 47.8 Å². The molecule has 1 aliphatic heterocycles. The standard InChI is InChI=1S/C9H9Br3O2/c1-2-3-5(8(11)12)7-4-6(10)9(13)14-7/h4,7H,2-3H2,1H3. The highest BCUT2D eigenvalue weighted by molar-refractivity contribution is 9.28. The second-order valence-corrected chi connectivity index (χ2v) is 6.38. The lowest BCUT2D eigenvalue weighted by molar-refractivity contribution is -0.137. The molecule has 0 saturated heterocycles. The largest absolute Gasteiger partial charge is 0.449 e. The third-order valence-electron chi connectivity index (χ3n) is 1.83. The second-order valence-electron chi connectivity index (χ2n) is 2.88. The van der Waals surface area contributed by atoms with Crippen molar-refractivity contribution in [1.29, 1.82) is 0 Å². The minimum Gasteiger partial charge on any atom is -0.449 e. The quantitative estimate of drug-likeness (QED) is 0.683. The van der Waals surface area contributed by atoms with Crippen LogP contribution in [-0.4, -0.2) is 12.1 Å². The van der Waals surface area contributed by atoms with Crippen molar-refractivity contribution in [1.82, 2.24) is 0 Å². The second kappa shape index (κ2) is 5.47. The zero-order chi connectivity index (χ0) is 10.7. The van der Waals surface area contributed by atoms with E-state index in [1.54, 1.807) is 6.08 Å². The number of cyclic esters (lactones) is 1. The summed E-state index contributed by atoms with van der Waals surface area (Å²) < 4.78 is 6.51. The monoisotopic (exact) mass is 386 g/mol. The Hall–Kier alpha value is 0.390. The van der Waals surface area contributed by atoms with Gasteiger partial charge >= 0.3 is 5.97 Å². The van der Waals surface area contributed by atoms with E-state index in [-0.39, 0.29) is 12.1 Å². The first-order valence-corrected chi connectivity index (χ1v) is 6.56. The lowest BCUT2D eigenvalue weighted by Gasteiger charge is -2.12. The van der Waals surface area contributed by atoms with Crippen LogP contribution in [0, 0.1) is 0 Å². The fraction of sp³-hybridized carbons (Fsp3) is 0.444. The van der Waals surface area contributed by atoms with Gasteiger partial charge < -0.3 is 4.74 Å². The molecule has 0 N–H and O–H groups in total. The first kappa shape index (κ1) is 12.5. The maximum Gasteiger partial charge on any atom is 0.345 e. The van der Waals surface area contributed by atoms with Crippen molar-refractivity contribution in [2.24, 2.45) is 0 Å². The average molecular weight is 389 g/mol. The van der Waals surface area contributed by atoms with Gasteiger partial charge in [-0.1, -0.05) is 13.3 Å². The fourth-order valence-electron chi connectivity index (χ4n) is 1.19. The van der Waals surface area contributed by atoms with E-state index in [1.165, 1.54) is 0 Å².